The SMILES string of the molecule is O=C(CSc1ccc2oc3ccccc3c2c1)N1CCN(CCO)CC1. The lowest BCUT2D eigenvalue weighted by atomic mass is 10.1. The van der Waals surface area contributed by atoms with Crippen LogP contribution in [-0.2, 0) is 4.79 Å². The Balaban J connectivity index is 1.40. The van der Waals surface area contributed by atoms with Crippen molar-refractivity contribution in [3.63, 3.8) is 0 Å². The highest BCUT2D eigenvalue weighted by molar-refractivity contribution is 8.00. The van der Waals surface area contributed by atoms with Gasteiger partial charge in [-0.15, -0.1) is 11.8 Å². The number of fused-ring (bicyclic) bond motifs is 3. The molecule has 136 valence electrons. The second-order valence-electron chi connectivity index (χ2n) is 6.49. The maximum Gasteiger partial charge on any atom is 0.233 e. The third-order valence-electron chi connectivity index (χ3n) is 4.85. The van der Waals surface area contributed by atoms with E-state index in [-0.39, 0.29) is 12.5 Å². The van der Waals surface area contributed by atoms with Crippen LogP contribution in [0.25, 0.3) is 21.9 Å². The van der Waals surface area contributed by atoms with Crippen LogP contribution in [0.15, 0.2) is 51.8 Å². The van der Waals surface area contributed by atoms with Crippen LogP contribution >= 0.6 is 11.8 Å². The van der Waals surface area contributed by atoms with Crippen molar-refractivity contribution < 1.29 is 14.3 Å². The first-order chi connectivity index (χ1) is 12.7. The fraction of sp³-hybridized carbons (Fsp3) is 0.350. The summed E-state index contributed by atoms with van der Waals surface area (Å²) < 4.78 is 5.85. The number of benzene rings is 2. The molecule has 3 aromatic rings. The minimum Gasteiger partial charge on any atom is -0.456 e. The van der Waals surface area contributed by atoms with Crippen molar-refractivity contribution in [2.45, 2.75) is 4.90 Å². The quantitative estimate of drug-likeness (QED) is 0.700. The molecule has 6 heteroatoms. The van der Waals surface area contributed by atoms with Gasteiger partial charge in [-0.05, 0) is 24.3 Å². The summed E-state index contributed by atoms with van der Waals surface area (Å²) in [6.07, 6.45) is 0. The first-order valence-electron chi connectivity index (χ1n) is 8.90. The van der Waals surface area contributed by atoms with Crippen LogP contribution in [0.3, 0.4) is 0 Å². The Morgan fingerprint density at radius 2 is 1.81 bits per heavy atom. The Morgan fingerprint density at radius 1 is 1.04 bits per heavy atom. The monoisotopic (exact) mass is 370 g/mol. The second-order valence-corrected chi connectivity index (χ2v) is 7.54. The normalized spacial score (nSPS) is 15.8. The highest BCUT2D eigenvalue weighted by atomic mass is 32.2. The standard InChI is InChI=1S/C20H22N2O3S/c23-12-11-21-7-9-22(10-8-21)20(24)14-26-15-5-6-19-17(13-15)16-3-1-2-4-18(16)25-19/h1-6,13,23H,7-12,14H2. The summed E-state index contributed by atoms with van der Waals surface area (Å²) in [6, 6.07) is 14.1. The van der Waals surface area contributed by atoms with Gasteiger partial charge < -0.3 is 14.4 Å². The molecular formula is C20H22N2O3S. The van der Waals surface area contributed by atoms with Gasteiger partial charge in [-0.2, -0.15) is 0 Å². The zero-order valence-electron chi connectivity index (χ0n) is 14.6. The summed E-state index contributed by atoms with van der Waals surface area (Å²) in [4.78, 5) is 17.7. The number of furan rings is 1. The molecule has 26 heavy (non-hydrogen) atoms. The van der Waals surface area contributed by atoms with E-state index in [1.807, 2.05) is 35.2 Å². The Kier molecular flexibility index (Phi) is 5.15. The topological polar surface area (TPSA) is 56.9 Å². The van der Waals surface area contributed by atoms with Gasteiger partial charge in [0, 0.05) is 48.4 Å². The maximum absolute atomic E-state index is 12.5. The van der Waals surface area contributed by atoms with Crippen LogP contribution in [0.4, 0.5) is 0 Å². The summed E-state index contributed by atoms with van der Waals surface area (Å²) in [5, 5.41) is 11.2. The Labute approximate surface area is 156 Å². The van der Waals surface area contributed by atoms with Crippen molar-refractivity contribution >= 4 is 39.6 Å². The number of aliphatic hydroxyl groups excluding tert-OH is 1. The molecule has 0 aliphatic carbocycles. The minimum atomic E-state index is 0.176. The number of hydrogen-bond donors (Lipinski definition) is 1. The first-order valence-corrected chi connectivity index (χ1v) is 9.88. The molecule has 0 unspecified atom stereocenters. The van der Waals surface area contributed by atoms with Gasteiger partial charge in [0.1, 0.15) is 11.2 Å². The van der Waals surface area contributed by atoms with E-state index in [0.29, 0.717) is 12.3 Å². The Hall–Kier alpha value is -2.02. The largest absolute Gasteiger partial charge is 0.456 e. The van der Waals surface area contributed by atoms with E-state index in [0.717, 1.165) is 53.0 Å². The number of hydrogen-bond acceptors (Lipinski definition) is 5. The van der Waals surface area contributed by atoms with E-state index in [4.69, 9.17) is 9.52 Å². The minimum absolute atomic E-state index is 0.176. The fourth-order valence-corrected chi connectivity index (χ4v) is 4.23. The molecular weight excluding hydrogens is 348 g/mol. The lowest BCUT2D eigenvalue weighted by Gasteiger charge is -2.34. The molecule has 1 fully saturated rings. The molecule has 1 aromatic heterocycles. The number of rotatable bonds is 5. The number of nitrogens with zero attached hydrogens (tertiary/aromatic N) is 2. The fourth-order valence-electron chi connectivity index (χ4n) is 3.39. The smallest absolute Gasteiger partial charge is 0.233 e. The van der Waals surface area contributed by atoms with Gasteiger partial charge in [0.05, 0.1) is 12.4 Å². The molecule has 0 atom stereocenters. The van der Waals surface area contributed by atoms with Gasteiger partial charge in [0.15, 0.2) is 0 Å². The zero-order valence-corrected chi connectivity index (χ0v) is 15.4. The lowest BCUT2D eigenvalue weighted by molar-refractivity contribution is -0.130. The van der Waals surface area contributed by atoms with Crippen LogP contribution in [-0.4, -0.2) is 65.9 Å². The number of aliphatic hydroxyl groups is 1. The molecule has 2 aromatic carbocycles. The van der Waals surface area contributed by atoms with E-state index in [1.165, 1.54) is 0 Å². The van der Waals surface area contributed by atoms with Crippen LogP contribution in [0, 0.1) is 0 Å². The van der Waals surface area contributed by atoms with E-state index in [1.54, 1.807) is 11.8 Å². The Morgan fingerprint density at radius 3 is 2.62 bits per heavy atom. The molecule has 0 bridgehead atoms. The van der Waals surface area contributed by atoms with E-state index >= 15 is 0 Å². The average Bonchev–Trinajstić information content (AvgIpc) is 3.05. The van der Waals surface area contributed by atoms with Crippen LogP contribution in [0.2, 0.25) is 0 Å². The first kappa shape index (κ1) is 17.4. The van der Waals surface area contributed by atoms with E-state index in [9.17, 15) is 4.79 Å². The molecule has 0 spiro atoms. The van der Waals surface area contributed by atoms with Crippen molar-refractivity contribution in [2.24, 2.45) is 0 Å². The van der Waals surface area contributed by atoms with Crippen molar-refractivity contribution in [1.82, 2.24) is 9.80 Å². The summed E-state index contributed by atoms with van der Waals surface area (Å²) in [6.45, 7) is 4.02. The zero-order chi connectivity index (χ0) is 17.9. The van der Waals surface area contributed by atoms with Gasteiger partial charge in [0.25, 0.3) is 0 Å². The van der Waals surface area contributed by atoms with Gasteiger partial charge >= 0.3 is 0 Å². The number of carbonyl (C=O) groups is 1. The van der Waals surface area contributed by atoms with Crippen molar-refractivity contribution in [2.75, 3.05) is 45.1 Å². The molecule has 5 nitrogen and oxygen atoms in total. The van der Waals surface area contributed by atoms with Crippen LogP contribution < -0.4 is 0 Å². The lowest BCUT2D eigenvalue weighted by Crippen LogP contribution is -2.49. The number of amides is 1. The highest BCUT2D eigenvalue weighted by Gasteiger charge is 2.20. The molecule has 1 N–H and O–H groups in total. The van der Waals surface area contributed by atoms with Crippen molar-refractivity contribution in [1.29, 1.82) is 0 Å². The van der Waals surface area contributed by atoms with Gasteiger partial charge in [-0.25, -0.2) is 0 Å². The number of carbonyl (C=O) groups excluding carboxylic acids is 1. The molecule has 1 aliphatic heterocycles. The van der Waals surface area contributed by atoms with Crippen molar-refractivity contribution in [3.8, 4) is 0 Å². The summed E-state index contributed by atoms with van der Waals surface area (Å²) in [5.41, 5.74) is 1.77. The summed E-state index contributed by atoms with van der Waals surface area (Å²) in [5.74, 6) is 0.622. The van der Waals surface area contributed by atoms with Crippen LogP contribution in [0.5, 0.6) is 0 Å². The maximum atomic E-state index is 12.5. The average molecular weight is 370 g/mol. The van der Waals surface area contributed by atoms with Crippen LogP contribution in [0.1, 0.15) is 0 Å². The number of piperazine rings is 1. The van der Waals surface area contributed by atoms with E-state index < -0.39 is 0 Å². The molecule has 1 amide bonds. The van der Waals surface area contributed by atoms with Gasteiger partial charge in [-0.1, -0.05) is 18.2 Å². The highest BCUT2D eigenvalue weighted by Crippen LogP contribution is 2.32. The number of thioether (sulfide) groups is 1. The second kappa shape index (κ2) is 7.70. The molecule has 0 saturated carbocycles. The van der Waals surface area contributed by atoms with Gasteiger partial charge in [0.2, 0.25) is 5.91 Å². The molecule has 0 radical (unpaired) electrons. The summed E-state index contributed by atoms with van der Waals surface area (Å²) in [7, 11) is 0. The number of β-amino-alcohol motifs (C(OH)–C–C–N with tert-alkyl or cyclic N) is 1. The molecule has 4 rings (SSSR count). The Bertz CT molecular complexity index is 916. The van der Waals surface area contributed by atoms with Gasteiger partial charge in [-0.3, -0.25) is 9.69 Å². The number of para-hydroxylation sites is 1. The van der Waals surface area contributed by atoms with Crippen molar-refractivity contribution in [3.05, 3.63) is 42.5 Å². The summed E-state index contributed by atoms with van der Waals surface area (Å²) >= 11 is 1.57. The van der Waals surface area contributed by atoms with E-state index in [2.05, 4.69) is 17.0 Å². The predicted octanol–water partition coefficient (Wildman–Crippen LogP) is 2.81. The molecule has 1 saturated heterocycles. The predicted molar refractivity (Wildman–Crippen MR) is 105 cm³/mol. The molecule has 1 aliphatic rings. The third-order valence-corrected chi connectivity index (χ3v) is 5.83. The third kappa shape index (κ3) is 3.58. The molecule has 2 heterocycles.